The van der Waals surface area contributed by atoms with Gasteiger partial charge in [0.15, 0.2) is 0 Å². The van der Waals surface area contributed by atoms with E-state index in [9.17, 15) is 5.11 Å². The first-order valence-corrected chi connectivity index (χ1v) is 8.13. The van der Waals surface area contributed by atoms with E-state index in [1.54, 1.807) is 23.5 Å². The molecule has 0 radical (unpaired) electrons. The van der Waals surface area contributed by atoms with E-state index in [0.29, 0.717) is 0 Å². The molecule has 0 amide bonds. The predicted molar refractivity (Wildman–Crippen MR) is 94.2 cm³/mol. The first kappa shape index (κ1) is 14.3. The number of benzene rings is 2. The Hall–Kier alpha value is -1.64. The van der Waals surface area contributed by atoms with Gasteiger partial charge in [-0.3, -0.25) is 0 Å². The molecule has 108 valence electrons. The van der Waals surface area contributed by atoms with Crippen LogP contribution in [0, 0.1) is 0 Å². The molecule has 0 aliphatic heterocycles. The van der Waals surface area contributed by atoms with Crippen molar-refractivity contribution in [2.45, 2.75) is 13.3 Å². The van der Waals surface area contributed by atoms with Gasteiger partial charge in [-0.1, -0.05) is 6.92 Å². The molecule has 0 aliphatic carbocycles. The van der Waals surface area contributed by atoms with Crippen LogP contribution in [0.3, 0.4) is 0 Å². The maximum atomic E-state index is 9.55. The van der Waals surface area contributed by atoms with Gasteiger partial charge in [0.1, 0.15) is 10.8 Å². The maximum absolute atomic E-state index is 9.55. The van der Waals surface area contributed by atoms with Crippen molar-refractivity contribution in [1.82, 2.24) is 4.98 Å². The molecule has 0 aliphatic rings. The van der Waals surface area contributed by atoms with Crippen molar-refractivity contribution in [3.05, 3.63) is 42.0 Å². The molecule has 21 heavy (non-hydrogen) atoms. The van der Waals surface area contributed by atoms with Gasteiger partial charge in [0.05, 0.1) is 10.2 Å². The molecule has 1 heterocycles. The number of aromatic nitrogens is 1. The van der Waals surface area contributed by atoms with Gasteiger partial charge >= 0.3 is 0 Å². The van der Waals surface area contributed by atoms with Gasteiger partial charge in [-0.15, -0.1) is 11.3 Å². The zero-order valence-electron chi connectivity index (χ0n) is 12.0. The number of fused-ring (bicyclic) bond motifs is 1. The fraction of sp³-hybridized carbons (Fsp3) is 0.188. The summed E-state index contributed by atoms with van der Waals surface area (Å²) in [4.78, 5) is 4.63. The Labute approximate surface area is 130 Å². The number of aryl methyl sites for hydroxylation is 1. The molecule has 5 heteroatoms. The third-order valence-electron chi connectivity index (χ3n) is 3.46. The van der Waals surface area contributed by atoms with Gasteiger partial charge in [-0.25, -0.2) is 4.98 Å². The molecular formula is C16H17N2OPS. The Morgan fingerprint density at radius 1 is 1.24 bits per heavy atom. The molecule has 2 aromatic carbocycles. The van der Waals surface area contributed by atoms with Crippen LogP contribution in [0.4, 0.5) is 5.69 Å². The first-order valence-electron chi connectivity index (χ1n) is 6.79. The monoisotopic (exact) mass is 316 g/mol. The van der Waals surface area contributed by atoms with Crippen molar-refractivity contribution in [1.29, 1.82) is 0 Å². The van der Waals surface area contributed by atoms with E-state index in [2.05, 4.69) is 44.2 Å². The molecule has 0 saturated carbocycles. The number of rotatable bonds is 3. The van der Waals surface area contributed by atoms with Crippen LogP contribution >= 0.6 is 20.7 Å². The second kappa shape index (κ2) is 5.63. The van der Waals surface area contributed by atoms with Gasteiger partial charge in [-0.05, 0) is 51.7 Å². The minimum Gasteiger partial charge on any atom is -0.508 e. The number of phenols is 1. The fourth-order valence-corrected chi connectivity index (χ4v) is 3.58. The third kappa shape index (κ3) is 2.74. The zero-order chi connectivity index (χ0) is 15.0. The van der Waals surface area contributed by atoms with E-state index in [4.69, 9.17) is 0 Å². The number of hydrogen-bond donors (Lipinski definition) is 1. The summed E-state index contributed by atoms with van der Waals surface area (Å²) in [6.07, 6.45) is 0.980. The molecule has 0 spiro atoms. The second-order valence-corrected chi connectivity index (χ2v) is 6.78. The molecule has 1 N–H and O–H groups in total. The molecule has 1 atom stereocenters. The lowest BCUT2D eigenvalue weighted by Gasteiger charge is -2.17. The summed E-state index contributed by atoms with van der Waals surface area (Å²) in [7, 11) is 4.72. The highest BCUT2D eigenvalue weighted by molar-refractivity contribution is 7.21. The van der Waals surface area contributed by atoms with E-state index in [-0.39, 0.29) is 5.75 Å². The quantitative estimate of drug-likeness (QED) is 0.725. The summed E-state index contributed by atoms with van der Waals surface area (Å²) in [5, 5.41) is 10.5. The van der Waals surface area contributed by atoms with Gasteiger partial charge in [0, 0.05) is 24.4 Å². The van der Waals surface area contributed by atoms with Crippen molar-refractivity contribution in [3.63, 3.8) is 0 Å². The van der Waals surface area contributed by atoms with E-state index in [0.717, 1.165) is 27.2 Å². The average Bonchev–Trinajstić information content (AvgIpc) is 2.89. The molecule has 1 unspecified atom stereocenters. The Balaban J connectivity index is 2.09. The second-order valence-electron chi connectivity index (χ2n) is 4.98. The van der Waals surface area contributed by atoms with Crippen LogP contribution in [0.15, 0.2) is 36.4 Å². The molecule has 3 rings (SSSR count). The van der Waals surface area contributed by atoms with Crippen molar-refractivity contribution in [2.75, 3.05) is 11.7 Å². The van der Waals surface area contributed by atoms with Crippen molar-refractivity contribution < 1.29 is 5.11 Å². The number of aromatic hydroxyl groups is 1. The maximum Gasteiger partial charge on any atom is 0.124 e. The number of nitrogens with zero attached hydrogens (tertiary/aromatic N) is 2. The van der Waals surface area contributed by atoms with Gasteiger partial charge < -0.3 is 9.78 Å². The van der Waals surface area contributed by atoms with Gasteiger partial charge in [0.2, 0.25) is 0 Å². The summed E-state index contributed by atoms with van der Waals surface area (Å²) < 4.78 is 3.15. The molecule has 1 aromatic heterocycles. The van der Waals surface area contributed by atoms with Crippen molar-refractivity contribution in [3.8, 4) is 16.3 Å². The lowest BCUT2D eigenvalue weighted by atomic mass is 10.1. The summed E-state index contributed by atoms with van der Waals surface area (Å²) in [6.45, 7) is 2.16. The van der Waals surface area contributed by atoms with Crippen LogP contribution in [0.25, 0.3) is 20.8 Å². The lowest BCUT2D eigenvalue weighted by Crippen LogP contribution is -2.03. The van der Waals surface area contributed by atoms with Crippen molar-refractivity contribution in [2.24, 2.45) is 0 Å². The Morgan fingerprint density at radius 2 is 2.05 bits per heavy atom. The van der Waals surface area contributed by atoms with Gasteiger partial charge in [0.25, 0.3) is 0 Å². The molecule has 0 bridgehead atoms. The van der Waals surface area contributed by atoms with Crippen LogP contribution in [-0.4, -0.2) is 17.1 Å². The highest BCUT2D eigenvalue weighted by Gasteiger charge is 2.10. The minimum absolute atomic E-state index is 0.258. The molecule has 3 nitrogen and oxygen atoms in total. The van der Waals surface area contributed by atoms with Crippen LogP contribution in [-0.2, 0) is 6.42 Å². The van der Waals surface area contributed by atoms with E-state index >= 15 is 0 Å². The van der Waals surface area contributed by atoms with E-state index < -0.39 is 0 Å². The number of anilines is 1. The van der Waals surface area contributed by atoms with Crippen LogP contribution in [0.1, 0.15) is 12.5 Å². The SMILES string of the molecule is CCc1cc(-c2nc3cc(O)ccc3s2)ccc1N(C)P. The predicted octanol–water partition coefficient (Wildman–Crippen LogP) is 4.46. The number of hydrogen-bond acceptors (Lipinski definition) is 4. The molecule has 0 fully saturated rings. The van der Waals surface area contributed by atoms with Gasteiger partial charge in [-0.2, -0.15) is 0 Å². The molecule has 0 saturated heterocycles. The smallest absolute Gasteiger partial charge is 0.124 e. The summed E-state index contributed by atoms with van der Waals surface area (Å²) in [6, 6.07) is 11.8. The highest BCUT2D eigenvalue weighted by Crippen LogP contribution is 2.34. The third-order valence-corrected chi connectivity index (χ3v) is 4.82. The average molecular weight is 316 g/mol. The van der Waals surface area contributed by atoms with Crippen LogP contribution in [0.5, 0.6) is 5.75 Å². The standard InChI is InChI=1S/C16H17N2OPS/c1-3-10-8-11(4-6-14(10)18(2)20)16-17-13-9-12(19)5-7-15(13)21-16/h4-9,19H,3,20H2,1-2H3. The first-order chi connectivity index (χ1) is 10.1. The topological polar surface area (TPSA) is 36.4 Å². The number of thiazole rings is 1. The van der Waals surface area contributed by atoms with Crippen LogP contribution < -0.4 is 4.67 Å². The van der Waals surface area contributed by atoms with Crippen molar-refractivity contribution >= 4 is 36.6 Å². The van der Waals surface area contributed by atoms with E-state index in [1.165, 1.54) is 11.3 Å². The Bertz CT molecular complexity index is 798. The normalized spacial score (nSPS) is 11.0. The summed E-state index contributed by atoms with van der Waals surface area (Å²) in [5.74, 6) is 0.258. The summed E-state index contributed by atoms with van der Waals surface area (Å²) in [5.41, 5.74) is 4.49. The lowest BCUT2D eigenvalue weighted by molar-refractivity contribution is 0.476. The Kier molecular flexibility index (Phi) is 3.83. The largest absolute Gasteiger partial charge is 0.508 e. The zero-order valence-corrected chi connectivity index (χ0v) is 14.0. The number of phenolic OH excluding ortho intramolecular Hbond substituents is 1. The van der Waals surface area contributed by atoms with Crippen LogP contribution in [0.2, 0.25) is 0 Å². The summed E-state index contributed by atoms with van der Waals surface area (Å²) >= 11 is 1.65. The fourth-order valence-electron chi connectivity index (χ4n) is 2.39. The Morgan fingerprint density at radius 3 is 2.76 bits per heavy atom. The molecular weight excluding hydrogens is 299 g/mol. The highest BCUT2D eigenvalue weighted by atomic mass is 32.1. The molecule has 3 aromatic rings. The minimum atomic E-state index is 0.258. The van der Waals surface area contributed by atoms with E-state index in [1.807, 2.05) is 13.1 Å².